The third kappa shape index (κ3) is 12.7. The highest BCUT2D eigenvalue weighted by atomic mass is 35.5. The second kappa shape index (κ2) is 23.2. The van der Waals surface area contributed by atoms with Crippen molar-refractivity contribution in [2.24, 2.45) is 5.92 Å². The number of aldehydes is 1. The van der Waals surface area contributed by atoms with Crippen molar-refractivity contribution < 1.29 is 74.0 Å². The number of allylic oxidation sites excluding steroid dienone is 1. The Kier molecular flexibility index (Phi) is 17.8. The van der Waals surface area contributed by atoms with Crippen LogP contribution in [0.1, 0.15) is 109 Å². The predicted octanol–water partition coefficient (Wildman–Crippen LogP) is 11.8. The third-order valence-electron chi connectivity index (χ3n) is 11.7. The van der Waals surface area contributed by atoms with Crippen LogP contribution in [0.5, 0.6) is 0 Å². The Hall–Kier alpha value is -6.35. The molecule has 22 heteroatoms. The second-order valence-electron chi connectivity index (χ2n) is 16.2. The van der Waals surface area contributed by atoms with Crippen molar-refractivity contribution >= 4 is 64.5 Å². The van der Waals surface area contributed by atoms with Gasteiger partial charge in [0, 0.05) is 66.0 Å². The van der Waals surface area contributed by atoms with E-state index in [1.165, 1.54) is 36.7 Å². The van der Waals surface area contributed by atoms with Crippen molar-refractivity contribution in [1.29, 1.82) is 0 Å². The van der Waals surface area contributed by atoms with Gasteiger partial charge in [-0.2, -0.15) is 39.5 Å². The van der Waals surface area contributed by atoms with Crippen molar-refractivity contribution in [1.82, 2.24) is 15.0 Å². The van der Waals surface area contributed by atoms with E-state index < -0.39 is 46.8 Å². The molecule has 0 aliphatic heterocycles. The lowest BCUT2D eigenvalue weighted by Crippen LogP contribution is -2.17. The number of aliphatic hydroxyl groups is 3. The Balaban J connectivity index is 0.000000166. The Bertz CT molecular complexity index is 3130. The van der Waals surface area contributed by atoms with Crippen LogP contribution >= 0.6 is 34.8 Å². The molecule has 0 spiro atoms. The monoisotopic (exact) mass is 1080 g/mol. The summed E-state index contributed by atoms with van der Waals surface area (Å²) in [7, 11) is 0. The molecule has 3 aliphatic rings. The molecule has 0 fully saturated rings. The summed E-state index contributed by atoms with van der Waals surface area (Å²) in [5.41, 5.74) is 1.59. The minimum absolute atomic E-state index is 0.0691. The number of pyridine rings is 3. The first-order valence-electron chi connectivity index (χ1n) is 21.5. The highest BCUT2D eigenvalue weighted by Crippen LogP contribution is 2.40. The highest BCUT2D eigenvalue weighted by Gasteiger charge is 2.39. The van der Waals surface area contributed by atoms with Gasteiger partial charge in [0.05, 0.1) is 63.0 Å². The third-order valence-corrected chi connectivity index (χ3v) is 13.1. The van der Waals surface area contributed by atoms with Crippen molar-refractivity contribution in [3.63, 3.8) is 0 Å². The van der Waals surface area contributed by atoms with Crippen LogP contribution in [0.2, 0.25) is 15.1 Å². The standard InChI is InChI=1S/C17H13ClF3NO2.C17H11ClF3NO2.C10H9ClO2.C7H4F3NO/c2*18-15-9(8-23)3-4-11-12(15)6-10(16(11)24)7-14-13(17(19,20)21)2-1-5-22-14;11-10-6(5-12)1-2-7-8(10)3-4-9(7)13;8-7(9,10)5-2-1-3-11-6(5)4-12/h1-5,10,23H,6-8H2;1-5,7,23H,6,8H2;1-2,12H,3-5H2;1-4H/b;10-7+;;. The first-order chi connectivity index (χ1) is 34.4. The number of nitrogens with zero attached hydrogens (tertiary/aromatic N) is 3. The molecule has 0 bridgehead atoms. The van der Waals surface area contributed by atoms with Crippen molar-refractivity contribution in [2.45, 2.75) is 70.5 Å². The Labute approximate surface area is 424 Å². The highest BCUT2D eigenvalue weighted by molar-refractivity contribution is 6.34. The molecule has 10 nitrogen and oxygen atoms in total. The molecule has 382 valence electrons. The predicted molar refractivity (Wildman–Crippen MR) is 249 cm³/mol. The SMILES string of the molecule is O=C1/C(=C/c2ncccc2C(F)(F)F)Cc2c1ccc(CO)c2Cl.O=C1CCc2c1ccc(CO)c2Cl.O=C1c2ccc(CO)c(Cl)c2CC1Cc1ncccc1C(F)(F)F.O=Cc1ncccc1C(F)(F)F. The van der Waals surface area contributed by atoms with Gasteiger partial charge in [-0.3, -0.25) is 34.1 Å². The molecule has 73 heavy (non-hydrogen) atoms. The molecule has 3 N–H and O–H groups in total. The second-order valence-corrected chi connectivity index (χ2v) is 17.4. The molecular formula is C51H37Cl3F9N3O7. The molecule has 0 saturated carbocycles. The van der Waals surface area contributed by atoms with Crippen LogP contribution in [-0.4, -0.2) is 53.9 Å². The van der Waals surface area contributed by atoms with Crippen LogP contribution in [0.4, 0.5) is 39.5 Å². The van der Waals surface area contributed by atoms with E-state index in [1.54, 1.807) is 24.3 Å². The molecule has 1 unspecified atom stereocenters. The van der Waals surface area contributed by atoms with Crippen LogP contribution in [0.25, 0.3) is 6.08 Å². The Morgan fingerprint density at radius 2 is 1.03 bits per heavy atom. The number of benzene rings is 3. The minimum atomic E-state index is -4.56. The molecule has 0 radical (unpaired) electrons. The zero-order chi connectivity index (χ0) is 53.6. The van der Waals surface area contributed by atoms with Gasteiger partial charge in [0.15, 0.2) is 23.6 Å². The number of alkyl halides is 9. The minimum Gasteiger partial charge on any atom is -0.392 e. The fourth-order valence-electron chi connectivity index (χ4n) is 8.14. The number of ketones is 3. The van der Waals surface area contributed by atoms with Gasteiger partial charge in [-0.05, 0) is 88.7 Å². The summed E-state index contributed by atoms with van der Waals surface area (Å²) in [6.07, 6.45) is -7.18. The lowest BCUT2D eigenvalue weighted by molar-refractivity contribution is -0.139. The van der Waals surface area contributed by atoms with Crippen molar-refractivity contribution in [3.8, 4) is 0 Å². The van der Waals surface area contributed by atoms with E-state index in [-0.39, 0.29) is 84.7 Å². The van der Waals surface area contributed by atoms with E-state index in [4.69, 9.17) is 39.9 Å². The average Bonchev–Trinajstić information content (AvgIpc) is 4.01. The Morgan fingerprint density at radius 3 is 1.55 bits per heavy atom. The zero-order valence-electron chi connectivity index (χ0n) is 37.4. The van der Waals surface area contributed by atoms with Gasteiger partial charge >= 0.3 is 18.5 Å². The largest absolute Gasteiger partial charge is 0.418 e. The number of carbonyl (C=O) groups excluding carboxylic acids is 4. The number of hydrogen-bond acceptors (Lipinski definition) is 10. The molecule has 9 rings (SSSR count). The number of carbonyl (C=O) groups is 4. The summed E-state index contributed by atoms with van der Waals surface area (Å²) in [4.78, 5) is 57.1. The van der Waals surface area contributed by atoms with Crippen LogP contribution < -0.4 is 0 Å². The van der Waals surface area contributed by atoms with Gasteiger partial charge < -0.3 is 15.3 Å². The quantitative estimate of drug-likeness (QED) is 0.0795. The molecule has 3 aliphatic carbocycles. The molecule has 3 heterocycles. The van der Waals surface area contributed by atoms with E-state index >= 15 is 0 Å². The first kappa shape index (κ1) is 56.0. The number of rotatable bonds is 7. The maximum Gasteiger partial charge on any atom is 0.418 e. The summed E-state index contributed by atoms with van der Waals surface area (Å²) < 4.78 is 114. The van der Waals surface area contributed by atoms with E-state index in [9.17, 15) is 68.9 Å². The molecule has 6 aromatic rings. The van der Waals surface area contributed by atoms with Crippen LogP contribution in [0, 0.1) is 5.92 Å². The van der Waals surface area contributed by atoms with Gasteiger partial charge in [-0.25, -0.2) is 0 Å². The van der Waals surface area contributed by atoms with Gasteiger partial charge in [-0.1, -0.05) is 71.2 Å². The van der Waals surface area contributed by atoms with E-state index in [2.05, 4.69) is 15.0 Å². The van der Waals surface area contributed by atoms with E-state index in [0.29, 0.717) is 61.8 Å². The van der Waals surface area contributed by atoms with Crippen LogP contribution in [-0.2, 0) is 64.0 Å². The topological polar surface area (TPSA) is 168 Å². The van der Waals surface area contributed by atoms with Crippen molar-refractivity contribution in [2.75, 3.05) is 0 Å². The summed E-state index contributed by atoms with van der Waals surface area (Å²) in [6.45, 7) is -0.610. The lowest BCUT2D eigenvalue weighted by Gasteiger charge is -2.14. The van der Waals surface area contributed by atoms with Gasteiger partial charge in [0.2, 0.25) is 0 Å². The summed E-state index contributed by atoms with van der Waals surface area (Å²) >= 11 is 18.3. The molecule has 0 amide bonds. The zero-order valence-corrected chi connectivity index (χ0v) is 39.7. The normalized spacial score (nSPS) is 15.4. The molecule has 0 saturated heterocycles. The van der Waals surface area contributed by atoms with Crippen LogP contribution in [0.15, 0.2) is 97.0 Å². The number of hydrogen-bond donors (Lipinski definition) is 3. The van der Waals surface area contributed by atoms with Crippen molar-refractivity contribution in [3.05, 3.63) is 196 Å². The van der Waals surface area contributed by atoms with Gasteiger partial charge in [0.25, 0.3) is 0 Å². The molecular weight excluding hydrogens is 1040 g/mol. The van der Waals surface area contributed by atoms with E-state index in [1.807, 2.05) is 0 Å². The van der Waals surface area contributed by atoms with Gasteiger partial charge in [0.1, 0.15) is 5.69 Å². The van der Waals surface area contributed by atoms with E-state index in [0.717, 1.165) is 47.7 Å². The maximum atomic E-state index is 13.1. The number of halogens is 12. The fraction of sp³-hybridized carbons (Fsp3) is 0.235. The molecule has 1 atom stereocenters. The number of Topliss-reactive ketones (excluding diaryl/α,β-unsaturated/α-hetero) is 3. The summed E-state index contributed by atoms with van der Waals surface area (Å²) in [5, 5.41) is 28.5. The number of aliphatic hydroxyl groups excluding tert-OH is 3. The number of aromatic nitrogens is 3. The van der Waals surface area contributed by atoms with Crippen LogP contribution in [0.3, 0.4) is 0 Å². The summed E-state index contributed by atoms with van der Waals surface area (Å²) in [5.74, 6) is -1.10. The maximum absolute atomic E-state index is 13.1. The Morgan fingerprint density at radius 1 is 0.562 bits per heavy atom. The smallest absolute Gasteiger partial charge is 0.392 e. The van der Waals surface area contributed by atoms with Gasteiger partial charge in [-0.15, -0.1) is 0 Å². The summed E-state index contributed by atoms with van der Waals surface area (Å²) in [6, 6.07) is 15.9. The molecule has 3 aromatic carbocycles. The average molecular weight is 1080 g/mol. The first-order valence-corrected chi connectivity index (χ1v) is 22.6. The molecule has 3 aromatic heterocycles. The fourth-order valence-corrected chi connectivity index (χ4v) is 9.05. The lowest BCUT2D eigenvalue weighted by atomic mass is 9.96. The number of fused-ring (bicyclic) bond motifs is 3.